The summed E-state index contributed by atoms with van der Waals surface area (Å²) in [6.07, 6.45) is 11.2. The van der Waals surface area contributed by atoms with Crippen molar-refractivity contribution >= 4 is 11.9 Å². The molecule has 0 unspecified atom stereocenters. The van der Waals surface area contributed by atoms with E-state index in [2.05, 4.69) is 14.5 Å². The number of imidazole rings is 1. The number of hydrogen-bond acceptors (Lipinski definition) is 3. The van der Waals surface area contributed by atoms with Gasteiger partial charge in [0.15, 0.2) is 0 Å². The van der Waals surface area contributed by atoms with Crippen LogP contribution in [0.4, 0.5) is 4.79 Å². The Hall–Kier alpha value is -2.05. The van der Waals surface area contributed by atoms with Gasteiger partial charge in [-0.3, -0.25) is 4.79 Å². The first kappa shape index (κ1) is 17.4. The maximum Gasteiger partial charge on any atom is 0.320 e. The second-order valence-corrected chi connectivity index (χ2v) is 7.82. The van der Waals surface area contributed by atoms with Gasteiger partial charge >= 0.3 is 6.03 Å². The van der Waals surface area contributed by atoms with Crippen LogP contribution in [0.2, 0.25) is 0 Å². The lowest BCUT2D eigenvalue weighted by molar-refractivity contribution is -0.140. The zero-order chi connectivity index (χ0) is 17.9. The topological polar surface area (TPSA) is 61.7 Å². The van der Waals surface area contributed by atoms with Gasteiger partial charge < -0.3 is 19.3 Å². The lowest BCUT2D eigenvalue weighted by atomic mass is 9.83. The Morgan fingerprint density at radius 2 is 1.96 bits per heavy atom. The van der Waals surface area contributed by atoms with Gasteiger partial charge in [-0.1, -0.05) is 0 Å². The number of piperidine rings is 2. The van der Waals surface area contributed by atoms with Crippen LogP contribution in [0.15, 0.2) is 18.7 Å². The zero-order valence-electron chi connectivity index (χ0n) is 15.4. The molecule has 0 aliphatic carbocycles. The summed E-state index contributed by atoms with van der Waals surface area (Å²) >= 11 is 0. The lowest BCUT2D eigenvalue weighted by Gasteiger charge is -2.47. The fourth-order valence-electron chi connectivity index (χ4n) is 4.77. The summed E-state index contributed by atoms with van der Waals surface area (Å²) in [5, 5.41) is 0. The molecule has 3 aliphatic heterocycles. The summed E-state index contributed by atoms with van der Waals surface area (Å²) in [6.45, 7) is 5.09. The molecule has 3 fully saturated rings. The number of carbonyl (C=O) groups excluding carboxylic acids is 2. The quantitative estimate of drug-likeness (QED) is 0.824. The molecule has 7 heteroatoms. The third-order valence-corrected chi connectivity index (χ3v) is 6.17. The van der Waals surface area contributed by atoms with Crippen LogP contribution in [0, 0.1) is 5.92 Å². The van der Waals surface area contributed by atoms with Crippen LogP contribution in [-0.4, -0.2) is 75.0 Å². The smallest absolute Gasteiger partial charge is 0.320 e. The minimum Gasteiger partial charge on any atom is -0.339 e. The molecule has 1 aromatic heterocycles. The van der Waals surface area contributed by atoms with Crippen LogP contribution >= 0.6 is 0 Å². The van der Waals surface area contributed by atoms with Crippen LogP contribution in [0.5, 0.6) is 0 Å². The third kappa shape index (κ3) is 3.57. The van der Waals surface area contributed by atoms with Gasteiger partial charge in [0.25, 0.3) is 0 Å². The number of aryl methyl sites for hydroxylation is 1. The summed E-state index contributed by atoms with van der Waals surface area (Å²) in [6, 6.07) is 0.520. The molecule has 0 saturated carbocycles. The predicted molar refractivity (Wildman–Crippen MR) is 97.5 cm³/mol. The minimum atomic E-state index is 0.213. The Balaban J connectivity index is 1.33. The Morgan fingerprint density at radius 3 is 2.73 bits per heavy atom. The van der Waals surface area contributed by atoms with E-state index in [9.17, 15) is 9.59 Å². The highest BCUT2D eigenvalue weighted by atomic mass is 16.2. The number of fused-ring (bicyclic) bond motifs is 1. The molecule has 0 spiro atoms. The van der Waals surface area contributed by atoms with Gasteiger partial charge in [-0.25, -0.2) is 9.78 Å². The minimum absolute atomic E-state index is 0.213. The van der Waals surface area contributed by atoms with Crippen molar-refractivity contribution in [2.75, 3.05) is 32.7 Å². The average molecular weight is 359 g/mol. The molecule has 4 rings (SSSR count). The van der Waals surface area contributed by atoms with Crippen molar-refractivity contribution in [3.63, 3.8) is 0 Å². The molecular formula is C19H29N5O2. The van der Waals surface area contributed by atoms with Crippen molar-refractivity contribution in [1.29, 1.82) is 0 Å². The normalized spacial score (nSPS) is 26.3. The first-order chi connectivity index (χ1) is 12.7. The van der Waals surface area contributed by atoms with Gasteiger partial charge in [0, 0.05) is 64.1 Å². The highest BCUT2D eigenvalue weighted by Crippen LogP contribution is 2.32. The summed E-state index contributed by atoms with van der Waals surface area (Å²) in [5.74, 6) is 0.720. The monoisotopic (exact) mass is 359 g/mol. The van der Waals surface area contributed by atoms with E-state index < -0.39 is 0 Å². The van der Waals surface area contributed by atoms with Crippen LogP contribution < -0.4 is 0 Å². The van der Waals surface area contributed by atoms with Crippen molar-refractivity contribution in [2.45, 2.75) is 51.1 Å². The number of hydrogen-bond donors (Lipinski definition) is 0. The van der Waals surface area contributed by atoms with Crippen molar-refractivity contribution < 1.29 is 9.59 Å². The van der Waals surface area contributed by atoms with Crippen molar-refractivity contribution in [2.24, 2.45) is 5.92 Å². The highest BCUT2D eigenvalue weighted by molar-refractivity contribution is 5.78. The average Bonchev–Trinajstić information content (AvgIpc) is 3.36. The van der Waals surface area contributed by atoms with Crippen LogP contribution in [0.25, 0.3) is 0 Å². The molecule has 2 atom stereocenters. The molecule has 0 aromatic carbocycles. The van der Waals surface area contributed by atoms with Crippen molar-refractivity contribution in [1.82, 2.24) is 24.3 Å². The molecule has 7 nitrogen and oxygen atoms in total. The Kier molecular flexibility index (Phi) is 5.13. The maximum absolute atomic E-state index is 12.7. The van der Waals surface area contributed by atoms with Gasteiger partial charge in [0.1, 0.15) is 0 Å². The van der Waals surface area contributed by atoms with Crippen LogP contribution in [0.1, 0.15) is 38.5 Å². The van der Waals surface area contributed by atoms with Gasteiger partial charge in [0.2, 0.25) is 5.91 Å². The Bertz CT molecular complexity index is 626. The summed E-state index contributed by atoms with van der Waals surface area (Å²) in [5.41, 5.74) is 0. The second-order valence-electron chi connectivity index (χ2n) is 7.82. The zero-order valence-corrected chi connectivity index (χ0v) is 15.4. The van der Waals surface area contributed by atoms with E-state index in [1.807, 2.05) is 22.3 Å². The Morgan fingerprint density at radius 1 is 1.12 bits per heavy atom. The van der Waals surface area contributed by atoms with E-state index in [-0.39, 0.29) is 11.9 Å². The van der Waals surface area contributed by atoms with E-state index in [0.717, 1.165) is 71.4 Å². The van der Waals surface area contributed by atoms with Gasteiger partial charge in [-0.05, 0) is 38.0 Å². The predicted octanol–water partition coefficient (Wildman–Crippen LogP) is 1.80. The summed E-state index contributed by atoms with van der Waals surface area (Å²) in [7, 11) is 0. The molecule has 3 saturated heterocycles. The number of amides is 3. The van der Waals surface area contributed by atoms with Crippen LogP contribution in [0.3, 0.4) is 0 Å². The molecule has 1 aromatic rings. The van der Waals surface area contributed by atoms with Gasteiger partial charge in [-0.15, -0.1) is 0 Å². The molecule has 0 radical (unpaired) electrons. The molecule has 26 heavy (non-hydrogen) atoms. The van der Waals surface area contributed by atoms with Crippen molar-refractivity contribution in [3.8, 4) is 0 Å². The second kappa shape index (κ2) is 7.68. The van der Waals surface area contributed by atoms with E-state index in [1.54, 1.807) is 6.20 Å². The number of aromatic nitrogens is 2. The molecule has 0 bridgehead atoms. The summed E-state index contributed by atoms with van der Waals surface area (Å²) in [4.78, 5) is 35.4. The fraction of sp³-hybridized carbons (Fsp3) is 0.737. The largest absolute Gasteiger partial charge is 0.339 e. The number of carbonyl (C=O) groups is 2. The first-order valence-electron chi connectivity index (χ1n) is 10.0. The van der Waals surface area contributed by atoms with Crippen LogP contribution in [-0.2, 0) is 11.3 Å². The van der Waals surface area contributed by atoms with Gasteiger partial charge in [0.05, 0.1) is 6.33 Å². The standard InChI is InChI=1S/C19H29N5O2/c25-18-5-4-16-14-23(19(26)22-9-1-2-10-22)12-6-17(16)24(18)11-3-8-21-13-7-20-15-21/h7,13,15-17H,1-6,8-12,14H2/t16-,17+/m1/s1. The number of rotatable bonds is 4. The highest BCUT2D eigenvalue weighted by Gasteiger charge is 2.40. The maximum atomic E-state index is 12.7. The lowest BCUT2D eigenvalue weighted by Crippen LogP contribution is -2.58. The van der Waals surface area contributed by atoms with E-state index in [0.29, 0.717) is 18.4 Å². The Labute approximate surface area is 154 Å². The van der Waals surface area contributed by atoms with E-state index >= 15 is 0 Å². The summed E-state index contributed by atoms with van der Waals surface area (Å²) < 4.78 is 2.06. The molecule has 0 N–H and O–H groups in total. The number of urea groups is 1. The first-order valence-corrected chi connectivity index (χ1v) is 10.0. The molecule has 4 heterocycles. The SMILES string of the molecule is O=C(N1CCCC1)N1CC[C@H]2[C@H](CCC(=O)N2CCCn2ccnc2)C1. The number of likely N-dealkylation sites (tertiary alicyclic amines) is 3. The van der Waals surface area contributed by atoms with Crippen molar-refractivity contribution in [3.05, 3.63) is 18.7 Å². The molecule has 3 amide bonds. The molecule has 3 aliphatic rings. The van der Waals surface area contributed by atoms with E-state index in [1.165, 1.54) is 0 Å². The molecular weight excluding hydrogens is 330 g/mol. The van der Waals surface area contributed by atoms with E-state index in [4.69, 9.17) is 0 Å². The number of nitrogens with zero attached hydrogens (tertiary/aromatic N) is 5. The van der Waals surface area contributed by atoms with Gasteiger partial charge in [-0.2, -0.15) is 0 Å². The fourth-order valence-corrected chi connectivity index (χ4v) is 4.77. The molecule has 142 valence electrons. The third-order valence-electron chi connectivity index (χ3n) is 6.17.